The Balaban J connectivity index is 1.71. The highest BCUT2D eigenvalue weighted by Gasteiger charge is 2.51. The quantitative estimate of drug-likeness (QED) is 0.182. The van der Waals surface area contributed by atoms with E-state index in [1.165, 1.54) is 0 Å². The standard InChI is InChI=1S/C22H45N5O7/c1-22(30)10-31-21(16(29)19(22)26-3)33-17-13(24)8-14(25-2)18(15(17)28)34-20-12(23)7-6-11(32-20)9-27(4)5/h11-21,25-26,28-30H,6-10,23-24H2,1-5H3/t11-,12+,13+,14-,15+,16-,17-,18+,19-,20-,21+,22-/m0/s1. The molecule has 0 radical (unpaired) electrons. The predicted molar refractivity (Wildman–Crippen MR) is 125 cm³/mol. The summed E-state index contributed by atoms with van der Waals surface area (Å²) in [6, 6.07) is -1.79. The van der Waals surface area contributed by atoms with Gasteiger partial charge in [0.1, 0.15) is 30.0 Å². The number of nitrogens with zero attached hydrogens (tertiary/aromatic N) is 1. The second kappa shape index (κ2) is 11.7. The first-order valence-electron chi connectivity index (χ1n) is 12.2. The van der Waals surface area contributed by atoms with E-state index in [2.05, 4.69) is 15.5 Å². The van der Waals surface area contributed by atoms with Crippen LogP contribution in [0.25, 0.3) is 0 Å². The first kappa shape index (κ1) is 28.1. The summed E-state index contributed by atoms with van der Waals surface area (Å²) in [6.07, 6.45) is -3.58. The molecule has 3 rings (SSSR count). The smallest absolute Gasteiger partial charge is 0.185 e. The van der Waals surface area contributed by atoms with Crippen molar-refractivity contribution in [2.24, 2.45) is 11.5 Å². The Morgan fingerprint density at radius 3 is 2.29 bits per heavy atom. The molecule has 200 valence electrons. The molecule has 0 spiro atoms. The van der Waals surface area contributed by atoms with Gasteiger partial charge in [0, 0.05) is 18.6 Å². The summed E-state index contributed by atoms with van der Waals surface area (Å²) in [6.45, 7) is 2.28. The fraction of sp³-hybridized carbons (Fsp3) is 1.00. The van der Waals surface area contributed by atoms with E-state index in [-0.39, 0.29) is 24.8 Å². The maximum Gasteiger partial charge on any atom is 0.185 e. The van der Waals surface area contributed by atoms with Crippen LogP contribution in [0.1, 0.15) is 26.2 Å². The van der Waals surface area contributed by atoms with E-state index in [1.54, 1.807) is 21.0 Å². The Morgan fingerprint density at radius 1 is 1.00 bits per heavy atom. The van der Waals surface area contributed by atoms with Crippen LogP contribution in [0.4, 0.5) is 0 Å². The van der Waals surface area contributed by atoms with Gasteiger partial charge in [-0.15, -0.1) is 0 Å². The summed E-state index contributed by atoms with van der Waals surface area (Å²) >= 11 is 0. The third kappa shape index (κ3) is 6.25. The highest BCUT2D eigenvalue weighted by atomic mass is 16.7. The van der Waals surface area contributed by atoms with Crippen molar-refractivity contribution in [3.8, 4) is 0 Å². The summed E-state index contributed by atoms with van der Waals surface area (Å²) < 4.78 is 24.0. The molecular formula is C22H45N5O7. The van der Waals surface area contributed by atoms with Crippen molar-refractivity contribution in [1.29, 1.82) is 0 Å². The third-order valence-corrected chi connectivity index (χ3v) is 7.18. The Labute approximate surface area is 202 Å². The van der Waals surface area contributed by atoms with Gasteiger partial charge in [-0.2, -0.15) is 0 Å². The maximum atomic E-state index is 11.3. The summed E-state index contributed by atoms with van der Waals surface area (Å²) in [5.74, 6) is 0. The average Bonchev–Trinajstić information content (AvgIpc) is 2.76. The molecule has 2 saturated heterocycles. The topological polar surface area (TPSA) is 177 Å². The fourth-order valence-corrected chi connectivity index (χ4v) is 5.30. The third-order valence-electron chi connectivity index (χ3n) is 7.18. The van der Waals surface area contributed by atoms with E-state index in [0.29, 0.717) is 6.42 Å². The lowest BCUT2D eigenvalue weighted by Crippen LogP contribution is -2.69. The largest absolute Gasteiger partial charge is 0.388 e. The number of likely N-dealkylation sites (N-methyl/N-ethyl adjacent to an activating group) is 3. The van der Waals surface area contributed by atoms with Crippen molar-refractivity contribution in [1.82, 2.24) is 15.5 Å². The van der Waals surface area contributed by atoms with E-state index < -0.39 is 54.7 Å². The first-order valence-corrected chi connectivity index (χ1v) is 12.2. The monoisotopic (exact) mass is 491 g/mol. The zero-order chi connectivity index (χ0) is 25.2. The van der Waals surface area contributed by atoms with Gasteiger partial charge in [-0.05, 0) is 54.4 Å². The predicted octanol–water partition coefficient (Wildman–Crippen LogP) is -3.11. The van der Waals surface area contributed by atoms with Crippen LogP contribution in [0.5, 0.6) is 0 Å². The van der Waals surface area contributed by atoms with Gasteiger partial charge in [0.05, 0.1) is 24.8 Å². The van der Waals surface area contributed by atoms with Crippen LogP contribution in [0, 0.1) is 0 Å². The minimum absolute atomic E-state index is 0.0140. The molecule has 0 aromatic carbocycles. The molecule has 3 aliphatic rings. The Hall–Kier alpha value is -0.480. The number of hydrogen-bond acceptors (Lipinski definition) is 12. The van der Waals surface area contributed by atoms with Gasteiger partial charge >= 0.3 is 0 Å². The zero-order valence-corrected chi connectivity index (χ0v) is 21.0. The molecule has 0 bridgehead atoms. The lowest BCUT2D eigenvalue weighted by atomic mass is 9.83. The van der Waals surface area contributed by atoms with Gasteiger partial charge in [-0.1, -0.05) is 0 Å². The van der Waals surface area contributed by atoms with Crippen LogP contribution < -0.4 is 22.1 Å². The number of ether oxygens (including phenoxy) is 4. The molecule has 0 aromatic rings. The van der Waals surface area contributed by atoms with Gasteiger partial charge in [0.25, 0.3) is 0 Å². The number of nitrogens with two attached hydrogens (primary N) is 2. The molecule has 12 atom stereocenters. The molecule has 12 heteroatoms. The second-order valence-corrected chi connectivity index (χ2v) is 10.4. The van der Waals surface area contributed by atoms with Crippen molar-refractivity contribution in [3.05, 3.63) is 0 Å². The van der Waals surface area contributed by atoms with Crippen molar-refractivity contribution in [2.45, 2.75) is 99.1 Å². The van der Waals surface area contributed by atoms with Crippen LogP contribution in [0.15, 0.2) is 0 Å². The fourth-order valence-electron chi connectivity index (χ4n) is 5.30. The number of rotatable bonds is 8. The van der Waals surface area contributed by atoms with Crippen LogP contribution >= 0.6 is 0 Å². The Morgan fingerprint density at radius 2 is 1.68 bits per heavy atom. The van der Waals surface area contributed by atoms with E-state index in [4.69, 9.17) is 30.4 Å². The molecule has 34 heavy (non-hydrogen) atoms. The van der Waals surface area contributed by atoms with Crippen molar-refractivity contribution in [2.75, 3.05) is 41.3 Å². The molecule has 2 aliphatic heterocycles. The van der Waals surface area contributed by atoms with Crippen LogP contribution in [-0.4, -0.2) is 134 Å². The van der Waals surface area contributed by atoms with Crippen LogP contribution in [0.3, 0.4) is 0 Å². The van der Waals surface area contributed by atoms with E-state index >= 15 is 0 Å². The molecule has 0 aromatic heterocycles. The van der Waals surface area contributed by atoms with Gasteiger partial charge < -0.3 is 61.3 Å². The molecule has 0 amide bonds. The molecule has 2 heterocycles. The summed E-state index contributed by atoms with van der Waals surface area (Å²) in [5.41, 5.74) is 11.4. The van der Waals surface area contributed by atoms with Gasteiger partial charge in [0.2, 0.25) is 0 Å². The van der Waals surface area contributed by atoms with Gasteiger partial charge in [0.15, 0.2) is 12.6 Å². The normalized spacial score (nSPS) is 48.3. The van der Waals surface area contributed by atoms with Crippen LogP contribution in [0.2, 0.25) is 0 Å². The van der Waals surface area contributed by atoms with Crippen molar-refractivity contribution >= 4 is 0 Å². The number of aliphatic hydroxyl groups is 3. The number of nitrogens with one attached hydrogen (secondary N) is 2. The molecule has 3 fully saturated rings. The van der Waals surface area contributed by atoms with Crippen molar-refractivity contribution in [3.63, 3.8) is 0 Å². The lowest BCUT2D eigenvalue weighted by molar-refractivity contribution is -0.307. The summed E-state index contributed by atoms with van der Waals surface area (Å²) in [5, 5.41) is 38.6. The number of aliphatic hydroxyl groups excluding tert-OH is 2. The number of hydrogen-bond donors (Lipinski definition) is 7. The van der Waals surface area contributed by atoms with E-state index in [0.717, 1.165) is 19.4 Å². The maximum absolute atomic E-state index is 11.3. The lowest BCUT2D eigenvalue weighted by Gasteiger charge is -2.49. The Bertz CT molecular complexity index is 645. The molecule has 9 N–H and O–H groups in total. The van der Waals surface area contributed by atoms with Crippen molar-refractivity contribution < 1.29 is 34.3 Å². The summed E-state index contributed by atoms with van der Waals surface area (Å²) in [4.78, 5) is 2.05. The molecule has 0 unspecified atom stereocenters. The SMILES string of the molecule is CN[C@H]1C[C@@H](N)[C@H](O[C@H]2OC[C@](C)(O)[C@@H](NC)[C@@H]2O)[C@@H](O)[C@@H]1O[C@@H]1O[C@H](CN(C)C)CC[C@H]1N. The minimum atomic E-state index is -1.28. The van der Waals surface area contributed by atoms with Gasteiger partial charge in [-0.3, -0.25) is 0 Å². The molecule has 12 nitrogen and oxygen atoms in total. The average molecular weight is 492 g/mol. The highest BCUT2D eigenvalue weighted by Crippen LogP contribution is 2.32. The molecular weight excluding hydrogens is 446 g/mol. The second-order valence-electron chi connectivity index (χ2n) is 10.4. The minimum Gasteiger partial charge on any atom is -0.388 e. The van der Waals surface area contributed by atoms with E-state index in [9.17, 15) is 15.3 Å². The molecule has 1 saturated carbocycles. The van der Waals surface area contributed by atoms with Crippen LogP contribution in [-0.2, 0) is 18.9 Å². The Kier molecular flexibility index (Phi) is 9.68. The highest BCUT2D eigenvalue weighted by molar-refractivity contribution is 5.02. The van der Waals surface area contributed by atoms with Gasteiger partial charge in [-0.25, -0.2) is 0 Å². The van der Waals surface area contributed by atoms with E-state index in [1.807, 2.05) is 14.1 Å². The first-order chi connectivity index (χ1) is 16.0. The summed E-state index contributed by atoms with van der Waals surface area (Å²) in [7, 11) is 7.40. The molecule has 1 aliphatic carbocycles. The zero-order valence-electron chi connectivity index (χ0n) is 21.0.